The highest BCUT2D eigenvalue weighted by molar-refractivity contribution is 7.18. The standard InChI is InChI=1S/C21H23N3OS/c1-13-4-3-9-24(13)16-10-15(11-16)21-23-17-7-6-14(12-19(17)26-21)20-18(25)5-2-8-22-20/h2,5-8,12-13,15-16,25H,3-4,9-11H2,1H3/t13-,15?,16?/m0/s1. The Morgan fingerprint density at radius 1 is 1.23 bits per heavy atom. The first-order chi connectivity index (χ1) is 12.7. The minimum atomic E-state index is 0.221. The number of thiazole rings is 1. The maximum atomic E-state index is 10.1. The van der Waals surface area contributed by atoms with Gasteiger partial charge in [0.25, 0.3) is 0 Å². The van der Waals surface area contributed by atoms with E-state index in [1.54, 1.807) is 29.7 Å². The number of rotatable bonds is 3. The molecule has 3 heterocycles. The Labute approximate surface area is 157 Å². The van der Waals surface area contributed by atoms with Gasteiger partial charge in [0.1, 0.15) is 11.4 Å². The van der Waals surface area contributed by atoms with Crippen LogP contribution < -0.4 is 0 Å². The number of likely N-dealkylation sites (tertiary alicyclic amines) is 1. The van der Waals surface area contributed by atoms with Gasteiger partial charge in [-0.3, -0.25) is 9.88 Å². The van der Waals surface area contributed by atoms with Crippen LogP contribution in [0.2, 0.25) is 0 Å². The molecule has 5 heteroatoms. The van der Waals surface area contributed by atoms with Crippen LogP contribution in [-0.4, -0.2) is 38.6 Å². The Kier molecular flexibility index (Phi) is 3.94. The summed E-state index contributed by atoms with van der Waals surface area (Å²) in [6.07, 6.45) is 6.92. The summed E-state index contributed by atoms with van der Waals surface area (Å²) < 4.78 is 1.18. The minimum Gasteiger partial charge on any atom is -0.506 e. The molecule has 1 aliphatic carbocycles. The molecule has 0 spiro atoms. The van der Waals surface area contributed by atoms with Gasteiger partial charge in [0, 0.05) is 29.8 Å². The van der Waals surface area contributed by atoms with Crippen molar-refractivity contribution in [3.63, 3.8) is 0 Å². The maximum Gasteiger partial charge on any atom is 0.141 e. The van der Waals surface area contributed by atoms with Crippen LogP contribution in [0.1, 0.15) is 43.5 Å². The van der Waals surface area contributed by atoms with Crippen molar-refractivity contribution in [3.8, 4) is 17.0 Å². The zero-order chi connectivity index (χ0) is 17.7. The van der Waals surface area contributed by atoms with E-state index >= 15 is 0 Å². The quantitative estimate of drug-likeness (QED) is 0.725. The molecule has 1 saturated carbocycles. The van der Waals surface area contributed by atoms with Gasteiger partial charge in [-0.2, -0.15) is 0 Å². The summed E-state index contributed by atoms with van der Waals surface area (Å²) in [5, 5.41) is 11.3. The van der Waals surface area contributed by atoms with E-state index in [0.717, 1.165) is 23.2 Å². The lowest BCUT2D eigenvalue weighted by atomic mass is 9.79. The molecule has 134 valence electrons. The molecule has 0 unspecified atom stereocenters. The molecule has 2 fully saturated rings. The predicted octanol–water partition coefficient (Wildman–Crippen LogP) is 4.79. The molecule has 3 aromatic rings. The van der Waals surface area contributed by atoms with E-state index in [9.17, 15) is 5.11 Å². The summed E-state index contributed by atoms with van der Waals surface area (Å²) in [6.45, 7) is 3.64. The predicted molar refractivity (Wildman–Crippen MR) is 106 cm³/mol. The molecule has 26 heavy (non-hydrogen) atoms. The molecule has 1 aliphatic heterocycles. The van der Waals surface area contributed by atoms with Crippen LogP contribution in [0, 0.1) is 0 Å². The Morgan fingerprint density at radius 3 is 2.88 bits per heavy atom. The molecule has 1 aromatic carbocycles. The first-order valence-electron chi connectivity index (χ1n) is 9.49. The molecule has 1 N–H and O–H groups in total. The van der Waals surface area contributed by atoms with Gasteiger partial charge in [0.05, 0.1) is 15.2 Å². The molecule has 2 aromatic heterocycles. The van der Waals surface area contributed by atoms with Crippen molar-refractivity contribution in [1.82, 2.24) is 14.9 Å². The number of pyridine rings is 1. The van der Waals surface area contributed by atoms with Gasteiger partial charge in [-0.05, 0) is 63.4 Å². The van der Waals surface area contributed by atoms with Gasteiger partial charge in [0.2, 0.25) is 0 Å². The van der Waals surface area contributed by atoms with Gasteiger partial charge in [-0.1, -0.05) is 6.07 Å². The number of hydrogen-bond donors (Lipinski definition) is 1. The Hall–Kier alpha value is -1.98. The normalized spacial score (nSPS) is 26.3. The van der Waals surface area contributed by atoms with E-state index in [-0.39, 0.29) is 5.75 Å². The summed E-state index contributed by atoms with van der Waals surface area (Å²) >= 11 is 1.80. The van der Waals surface area contributed by atoms with Crippen LogP contribution in [0.4, 0.5) is 0 Å². The lowest BCUT2D eigenvalue weighted by molar-refractivity contribution is 0.103. The second-order valence-electron chi connectivity index (χ2n) is 7.66. The van der Waals surface area contributed by atoms with Gasteiger partial charge in [-0.25, -0.2) is 4.98 Å². The van der Waals surface area contributed by atoms with Gasteiger partial charge in [-0.15, -0.1) is 11.3 Å². The maximum absolute atomic E-state index is 10.1. The van der Waals surface area contributed by atoms with Crippen molar-refractivity contribution in [1.29, 1.82) is 0 Å². The van der Waals surface area contributed by atoms with E-state index in [1.807, 2.05) is 6.07 Å². The fraction of sp³-hybridized carbons (Fsp3) is 0.429. The molecule has 4 nitrogen and oxygen atoms in total. The summed E-state index contributed by atoms with van der Waals surface area (Å²) in [4.78, 5) is 11.9. The average molecular weight is 366 g/mol. The first kappa shape index (κ1) is 16.2. The van der Waals surface area contributed by atoms with Crippen LogP contribution >= 0.6 is 11.3 Å². The average Bonchev–Trinajstić information content (AvgIpc) is 3.20. The largest absolute Gasteiger partial charge is 0.506 e. The molecule has 1 atom stereocenters. The highest BCUT2D eigenvalue weighted by atomic mass is 32.1. The summed E-state index contributed by atoms with van der Waals surface area (Å²) in [7, 11) is 0. The monoisotopic (exact) mass is 365 g/mol. The smallest absolute Gasteiger partial charge is 0.141 e. The van der Waals surface area contributed by atoms with E-state index in [0.29, 0.717) is 11.6 Å². The number of hydrogen-bond acceptors (Lipinski definition) is 5. The number of aromatic hydroxyl groups is 1. The molecule has 0 radical (unpaired) electrons. The zero-order valence-corrected chi connectivity index (χ0v) is 15.7. The van der Waals surface area contributed by atoms with Crippen molar-refractivity contribution in [2.45, 2.75) is 50.6 Å². The Morgan fingerprint density at radius 2 is 2.12 bits per heavy atom. The third-order valence-electron chi connectivity index (χ3n) is 6.00. The Bertz CT molecular complexity index is 947. The van der Waals surface area contributed by atoms with E-state index < -0.39 is 0 Å². The number of fused-ring (bicyclic) bond motifs is 1. The molecule has 1 saturated heterocycles. The lowest BCUT2D eigenvalue weighted by Gasteiger charge is -2.42. The number of aromatic nitrogens is 2. The van der Waals surface area contributed by atoms with E-state index in [2.05, 4.69) is 28.9 Å². The topological polar surface area (TPSA) is 49.2 Å². The number of benzene rings is 1. The summed E-state index contributed by atoms with van der Waals surface area (Å²) in [5.41, 5.74) is 2.64. The fourth-order valence-corrected chi connectivity index (χ4v) is 5.57. The second kappa shape index (κ2) is 6.32. The molecule has 0 amide bonds. The molecule has 5 rings (SSSR count). The molecular weight excluding hydrogens is 342 g/mol. The second-order valence-corrected chi connectivity index (χ2v) is 8.72. The highest BCUT2D eigenvalue weighted by Gasteiger charge is 2.39. The lowest BCUT2D eigenvalue weighted by Crippen LogP contribution is -2.45. The van der Waals surface area contributed by atoms with Crippen molar-refractivity contribution < 1.29 is 5.11 Å². The third-order valence-corrected chi connectivity index (χ3v) is 7.18. The molecule has 0 bridgehead atoms. The SMILES string of the molecule is C[C@H]1CCCN1C1CC(c2nc3ccc(-c4ncccc4O)cc3s2)C1. The summed E-state index contributed by atoms with van der Waals surface area (Å²) in [6, 6.07) is 11.1. The van der Waals surface area contributed by atoms with Crippen LogP contribution in [0.3, 0.4) is 0 Å². The minimum absolute atomic E-state index is 0.221. The van der Waals surface area contributed by atoms with Gasteiger partial charge in [0.15, 0.2) is 0 Å². The van der Waals surface area contributed by atoms with Gasteiger partial charge < -0.3 is 5.11 Å². The van der Waals surface area contributed by atoms with Gasteiger partial charge >= 0.3 is 0 Å². The third kappa shape index (κ3) is 2.70. The van der Waals surface area contributed by atoms with E-state index in [1.165, 1.54) is 41.9 Å². The van der Waals surface area contributed by atoms with Crippen LogP contribution in [0.25, 0.3) is 21.5 Å². The van der Waals surface area contributed by atoms with Crippen molar-refractivity contribution in [2.24, 2.45) is 0 Å². The highest BCUT2D eigenvalue weighted by Crippen LogP contribution is 2.44. The fourth-order valence-electron chi connectivity index (χ4n) is 4.44. The van der Waals surface area contributed by atoms with Crippen LogP contribution in [0.15, 0.2) is 36.5 Å². The first-order valence-corrected chi connectivity index (χ1v) is 10.3. The zero-order valence-electron chi connectivity index (χ0n) is 14.9. The van der Waals surface area contributed by atoms with Crippen LogP contribution in [-0.2, 0) is 0 Å². The van der Waals surface area contributed by atoms with Crippen molar-refractivity contribution in [2.75, 3.05) is 6.54 Å². The summed E-state index contributed by atoms with van der Waals surface area (Å²) in [5.74, 6) is 0.829. The van der Waals surface area contributed by atoms with Crippen molar-refractivity contribution >= 4 is 21.6 Å². The van der Waals surface area contributed by atoms with E-state index in [4.69, 9.17) is 4.98 Å². The molecular formula is C21H23N3OS. The molecule has 2 aliphatic rings. The van der Waals surface area contributed by atoms with Crippen LogP contribution in [0.5, 0.6) is 5.75 Å². The number of nitrogens with zero attached hydrogens (tertiary/aromatic N) is 3. The Balaban J connectivity index is 1.37. The van der Waals surface area contributed by atoms with Crippen molar-refractivity contribution in [3.05, 3.63) is 41.5 Å².